The lowest BCUT2D eigenvalue weighted by molar-refractivity contribution is 0.0601. The second kappa shape index (κ2) is 7.94. The minimum Gasteiger partial charge on any atom is -0.465 e. The molecule has 0 aliphatic rings. The number of hydrogen-bond acceptors (Lipinski definition) is 4. The number of ether oxygens (including phenoxy) is 1. The zero-order valence-corrected chi connectivity index (χ0v) is 12.9. The fraction of sp³-hybridized carbons (Fsp3) is 0.235. The van der Waals surface area contributed by atoms with Crippen LogP contribution in [0.15, 0.2) is 42.5 Å². The lowest BCUT2D eigenvalue weighted by Crippen LogP contribution is -2.04. The minimum atomic E-state index is -0.382. The van der Waals surface area contributed by atoms with Crippen molar-refractivity contribution in [3.8, 4) is 0 Å². The van der Waals surface area contributed by atoms with Gasteiger partial charge in [0.1, 0.15) is 0 Å². The Morgan fingerprint density at radius 3 is 2.29 bits per heavy atom. The molecule has 0 spiro atoms. The maximum Gasteiger partial charge on any atom is 0.337 e. The first-order valence-electron chi connectivity index (χ1n) is 6.91. The van der Waals surface area contributed by atoms with Gasteiger partial charge in [0.05, 0.1) is 24.0 Å². The first kappa shape index (κ1) is 16.6. The molecule has 0 aliphatic heterocycles. The summed E-state index contributed by atoms with van der Waals surface area (Å²) in [5.41, 5.74) is 9.72. The standard InChI is InChI=1S/C15H16N2O2.C2H6/c1-10-3-6-12(7-4-10)17-14-9-11(15(18)19-2)5-8-13(14)16;1-2/h3-9,17H,16H2,1-2H3;1-2H3. The number of carbonyl (C=O) groups is 1. The van der Waals surface area contributed by atoms with Gasteiger partial charge in [0.15, 0.2) is 0 Å². The number of esters is 1. The maximum atomic E-state index is 11.5. The molecule has 0 atom stereocenters. The third kappa shape index (κ3) is 4.53. The summed E-state index contributed by atoms with van der Waals surface area (Å²) in [6, 6.07) is 12.9. The van der Waals surface area contributed by atoms with Crippen molar-refractivity contribution in [1.29, 1.82) is 0 Å². The summed E-state index contributed by atoms with van der Waals surface area (Å²) < 4.78 is 4.69. The summed E-state index contributed by atoms with van der Waals surface area (Å²) in [5, 5.41) is 3.19. The summed E-state index contributed by atoms with van der Waals surface area (Å²) in [5.74, 6) is -0.382. The van der Waals surface area contributed by atoms with Crippen LogP contribution in [0.25, 0.3) is 0 Å². The third-order valence-corrected chi connectivity index (χ3v) is 2.80. The van der Waals surface area contributed by atoms with Gasteiger partial charge in [-0.1, -0.05) is 31.5 Å². The van der Waals surface area contributed by atoms with E-state index in [1.54, 1.807) is 18.2 Å². The van der Waals surface area contributed by atoms with Gasteiger partial charge in [-0.15, -0.1) is 0 Å². The zero-order valence-electron chi connectivity index (χ0n) is 12.9. The van der Waals surface area contributed by atoms with E-state index in [0.717, 1.165) is 5.69 Å². The molecule has 0 saturated heterocycles. The number of nitrogens with two attached hydrogens (primary N) is 1. The van der Waals surface area contributed by atoms with Crippen molar-refractivity contribution in [1.82, 2.24) is 0 Å². The van der Waals surface area contributed by atoms with Gasteiger partial charge >= 0.3 is 5.97 Å². The van der Waals surface area contributed by atoms with E-state index in [2.05, 4.69) is 10.1 Å². The molecule has 4 nitrogen and oxygen atoms in total. The molecular formula is C17H22N2O2. The minimum absolute atomic E-state index is 0.382. The number of benzene rings is 2. The number of aryl methyl sites for hydroxylation is 1. The lowest BCUT2D eigenvalue weighted by atomic mass is 10.1. The van der Waals surface area contributed by atoms with Gasteiger partial charge in [0.2, 0.25) is 0 Å². The smallest absolute Gasteiger partial charge is 0.337 e. The van der Waals surface area contributed by atoms with Crippen molar-refractivity contribution in [2.45, 2.75) is 20.8 Å². The zero-order chi connectivity index (χ0) is 15.8. The van der Waals surface area contributed by atoms with E-state index < -0.39 is 0 Å². The van der Waals surface area contributed by atoms with Crippen molar-refractivity contribution < 1.29 is 9.53 Å². The van der Waals surface area contributed by atoms with Crippen LogP contribution in [0.2, 0.25) is 0 Å². The summed E-state index contributed by atoms with van der Waals surface area (Å²) >= 11 is 0. The summed E-state index contributed by atoms with van der Waals surface area (Å²) in [6.45, 7) is 6.02. The average molecular weight is 286 g/mol. The van der Waals surface area contributed by atoms with Crippen LogP contribution in [0.4, 0.5) is 17.1 Å². The molecule has 0 radical (unpaired) electrons. The van der Waals surface area contributed by atoms with Gasteiger partial charge in [-0.2, -0.15) is 0 Å². The van der Waals surface area contributed by atoms with Crippen molar-refractivity contribution in [2.24, 2.45) is 0 Å². The number of methoxy groups -OCH3 is 1. The SMILES string of the molecule is CC.COC(=O)c1ccc(N)c(Nc2ccc(C)cc2)c1. The molecule has 3 N–H and O–H groups in total. The number of rotatable bonds is 3. The molecule has 21 heavy (non-hydrogen) atoms. The molecule has 4 heteroatoms. The Bertz CT molecular complexity index is 592. The topological polar surface area (TPSA) is 64.3 Å². The Morgan fingerprint density at radius 2 is 1.71 bits per heavy atom. The molecule has 0 aromatic heterocycles. The normalized spacial score (nSPS) is 9.33. The second-order valence-corrected chi connectivity index (χ2v) is 4.28. The Kier molecular flexibility index (Phi) is 6.27. The number of nitrogen functional groups attached to an aromatic ring is 1. The second-order valence-electron chi connectivity index (χ2n) is 4.28. The van der Waals surface area contributed by atoms with Crippen LogP contribution in [0, 0.1) is 6.92 Å². The molecular weight excluding hydrogens is 264 g/mol. The van der Waals surface area contributed by atoms with Crippen LogP contribution in [-0.4, -0.2) is 13.1 Å². The molecule has 0 unspecified atom stereocenters. The van der Waals surface area contributed by atoms with Crippen LogP contribution >= 0.6 is 0 Å². The highest BCUT2D eigenvalue weighted by molar-refractivity contribution is 5.92. The number of carbonyl (C=O) groups excluding carboxylic acids is 1. The third-order valence-electron chi connectivity index (χ3n) is 2.80. The summed E-state index contributed by atoms with van der Waals surface area (Å²) in [6.07, 6.45) is 0. The first-order valence-corrected chi connectivity index (χ1v) is 6.91. The molecule has 0 fully saturated rings. The lowest BCUT2D eigenvalue weighted by Gasteiger charge is -2.11. The fourth-order valence-corrected chi connectivity index (χ4v) is 1.70. The quantitative estimate of drug-likeness (QED) is 0.657. The van der Waals surface area contributed by atoms with E-state index >= 15 is 0 Å². The van der Waals surface area contributed by atoms with E-state index in [-0.39, 0.29) is 5.97 Å². The van der Waals surface area contributed by atoms with Gasteiger partial charge in [0, 0.05) is 5.69 Å². The Hall–Kier alpha value is -2.49. The maximum absolute atomic E-state index is 11.5. The molecule has 2 aromatic carbocycles. The van der Waals surface area contributed by atoms with Crippen molar-refractivity contribution in [2.75, 3.05) is 18.2 Å². The molecule has 0 bridgehead atoms. The molecule has 0 heterocycles. The van der Waals surface area contributed by atoms with Gasteiger partial charge in [-0.3, -0.25) is 0 Å². The van der Waals surface area contributed by atoms with E-state index in [1.165, 1.54) is 12.7 Å². The van der Waals surface area contributed by atoms with Crippen molar-refractivity contribution in [3.63, 3.8) is 0 Å². The van der Waals surface area contributed by atoms with Gasteiger partial charge in [-0.25, -0.2) is 4.79 Å². The molecule has 2 aromatic rings. The van der Waals surface area contributed by atoms with Gasteiger partial charge < -0.3 is 15.8 Å². The highest BCUT2D eigenvalue weighted by atomic mass is 16.5. The van der Waals surface area contributed by atoms with Gasteiger partial charge in [0.25, 0.3) is 0 Å². The Balaban J connectivity index is 0.00000106. The molecule has 2 rings (SSSR count). The van der Waals surface area contributed by atoms with Crippen LogP contribution in [0.5, 0.6) is 0 Å². The van der Waals surface area contributed by atoms with Crippen LogP contribution in [-0.2, 0) is 4.74 Å². The van der Waals surface area contributed by atoms with Crippen LogP contribution in [0.1, 0.15) is 29.8 Å². The number of anilines is 3. The monoisotopic (exact) mass is 286 g/mol. The summed E-state index contributed by atoms with van der Waals surface area (Å²) in [7, 11) is 1.35. The largest absolute Gasteiger partial charge is 0.465 e. The number of nitrogens with one attached hydrogen (secondary N) is 1. The van der Waals surface area contributed by atoms with E-state index in [1.807, 2.05) is 45.0 Å². The van der Waals surface area contributed by atoms with E-state index in [9.17, 15) is 4.79 Å². The molecule has 0 saturated carbocycles. The number of hydrogen-bond donors (Lipinski definition) is 2. The summed E-state index contributed by atoms with van der Waals surface area (Å²) in [4.78, 5) is 11.5. The highest BCUT2D eigenvalue weighted by Crippen LogP contribution is 2.24. The highest BCUT2D eigenvalue weighted by Gasteiger charge is 2.08. The first-order chi connectivity index (χ1) is 10.1. The molecule has 0 amide bonds. The van der Waals surface area contributed by atoms with Crippen LogP contribution < -0.4 is 11.1 Å². The molecule has 0 aliphatic carbocycles. The predicted molar refractivity (Wildman–Crippen MR) is 88.0 cm³/mol. The van der Waals surface area contributed by atoms with Crippen LogP contribution in [0.3, 0.4) is 0 Å². The van der Waals surface area contributed by atoms with E-state index in [4.69, 9.17) is 5.73 Å². The average Bonchev–Trinajstić information content (AvgIpc) is 2.53. The van der Waals surface area contributed by atoms with E-state index in [0.29, 0.717) is 16.9 Å². The predicted octanol–water partition coefficient (Wildman–Crippen LogP) is 4.13. The fourth-order valence-electron chi connectivity index (χ4n) is 1.70. The Morgan fingerprint density at radius 1 is 1.10 bits per heavy atom. The van der Waals surface area contributed by atoms with Crippen molar-refractivity contribution >= 4 is 23.0 Å². The van der Waals surface area contributed by atoms with Crippen molar-refractivity contribution in [3.05, 3.63) is 53.6 Å². The van der Waals surface area contributed by atoms with Gasteiger partial charge in [-0.05, 0) is 37.3 Å². The molecule has 112 valence electrons. The Labute approximate surface area is 125 Å².